The highest BCUT2D eigenvalue weighted by molar-refractivity contribution is 6.33. The molecule has 0 saturated carbocycles. The van der Waals surface area contributed by atoms with Crippen LogP contribution in [0, 0.1) is 0 Å². The molecule has 112 valence electrons. The second-order valence-electron chi connectivity index (χ2n) is 4.55. The van der Waals surface area contributed by atoms with Crippen molar-refractivity contribution in [2.45, 2.75) is 6.61 Å². The number of halogens is 1. The second-order valence-corrected chi connectivity index (χ2v) is 4.96. The summed E-state index contributed by atoms with van der Waals surface area (Å²) in [7, 11) is 0. The van der Waals surface area contributed by atoms with Crippen LogP contribution in [0.4, 0.5) is 5.69 Å². The molecule has 2 aromatic heterocycles. The van der Waals surface area contributed by atoms with Gasteiger partial charge in [0.15, 0.2) is 5.76 Å². The third kappa shape index (κ3) is 2.90. The van der Waals surface area contributed by atoms with Crippen LogP contribution >= 0.6 is 11.6 Å². The fourth-order valence-electron chi connectivity index (χ4n) is 2.00. The number of hydrogen-bond acceptors (Lipinski definition) is 4. The maximum absolute atomic E-state index is 11.9. The largest absolute Gasteiger partial charge is 0.459 e. The lowest BCUT2D eigenvalue weighted by Gasteiger charge is -2.06. The van der Waals surface area contributed by atoms with E-state index >= 15 is 0 Å². The number of furan rings is 2. The maximum atomic E-state index is 11.9. The minimum atomic E-state index is -0.352. The van der Waals surface area contributed by atoms with Crippen LogP contribution in [0.2, 0.25) is 5.02 Å². The second kappa shape index (κ2) is 6.09. The molecule has 0 spiro atoms. The summed E-state index contributed by atoms with van der Waals surface area (Å²) in [6.45, 7) is -0.172. The fraction of sp³-hybridized carbons (Fsp3) is 0.0625. The van der Waals surface area contributed by atoms with E-state index in [9.17, 15) is 4.79 Å². The normalized spacial score (nSPS) is 10.6. The van der Waals surface area contributed by atoms with Gasteiger partial charge in [-0.2, -0.15) is 0 Å². The van der Waals surface area contributed by atoms with Crippen LogP contribution in [-0.4, -0.2) is 11.0 Å². The Balaban J connectivity index is 1.81. The van der Waals surface area contributed by atoms with Crippen molar-refractivity contribution < 1.29 is 18.7 Å². The van der Waals surface area contributed by atoms with E-state index in [-0.39, 0.29) is 18.3 Å². The molecule has 3 rings (SSSR count). The van der Waals surface area contributed by atoms with E-state index in [1.165, 1.54) is 6.26 Å². The van der Waals surface area contributed by atoms with E-state index in [4.69, 9.17) is 25.5 Å². The van der Waals surface area contributed by atoms with Gasteiger partial charge in [0.05, 0.1) is 11.3 Å². The first-order chi connectivity index (χ1) is 10.7. The van der Waals surface area contributed by atoms with Crippen molar-refractivity contribution >= 4 is 23.2 Å². The third-order valence-corrected chi connectivity index (χ3v) is 3.37. The Morgan fingerprint density at radius 1 is 1.23 bits per heavy atom. The summed E-state index contributed by atoms with van der Waals surface area (Å²) in [6.07, 6.45) is 1.43. The number of benzene rings is 1. The molecular weight excluding hydrogens is 306 g/mol. The molecule has 0 aliphatic heterocycles. The molecule has 3 aromatic rings. The van der Waals surface area contributed by atoms with Crippen molar-refractivity contribution in [1.29, 1.82) is 0 Å². The molecule has 0 radical (unpaired) electrons. The quantitative estimate of drug-likeness (QED) is 0.764. The Kier molecular flexibility index (Phi) is 4.00. The molecule has 0 saturated heterocycles. The Morgan fingerprint density at radius 3 is 2.73 bits per heavy atom. The van der Waals surface area contributed by atoms with E-state index in [1.807, 2.05) is 0 Å². The monoisotopic (exact) mass is 317 g/mol. The number of anilines is 1. The number of carbonyl (C=O) groups excluding carboxylic acids is 1. The molecular formula is C16H12ClNO4. The first-order valence-corrected chi connectivity index (χ1v) is 6.89. The minimum Gasteiger partial charge on any atom is -0.459 e. The van der Waals surface area contributed by atoms with Gasteiger partial charge in [-0.25, -0.2) is 0 Å². The summed E-state index contributed by atoms with van der Waals surface area (Å²) < 4.78 is 10.5. The molecule has 0 atom stereocenters. The molecule has 1 aromatic carbocycles. The van der Waals surface area contributed by atoms with Crippen molar-refractivity contribution in [3.8, 4) is 11.3 Å². The zero-order chi connectivity index (χ0) is 15.5. The van der Waals surface area contributed by atoms with Gasteiger partial charge in [-0.3, -0.25) is 4.79 Å². The van der Waals surface area contributed by atoms with Gasteiger partial charge in [0.2, 0.25) is 0 Å². The van der Waals surface area contributed by atoms with Crippen molar-refractivity contribution in [2.75, 3.05) is 5.32 Å². The number of rotatable bonds is 4. The lowest BCUT2D eigenvalue weighted by molar-refractivity contribution is 0.0996. The molecule has 6 heteroatoms. The van der Waals surface area contributed by atoms with Crippen LogP contribution in [0.3, 0.4) is 0 Å². The van der Waals surface area contributed by atoms with Gasteiger partial charge in [0.1, 0.15) is 18.1 Å². The molecule has 0 unspecified atom stereocenters. The Morgan fingerprint density at radius 2 is 2.09 bits per heavy atom. The number of amides is 1. The predicted octanol–water partition coefficient (Wildman–Crippen LogP) is 3.94. The van der Waals surface area contributed by atoms with Gasteiger partial charge in [0, 0.05) is 11.3 Å². The average Bonchev–Trinajstić information content (AvgIpc) is 3.19. The molecule has 1 amide bonds. The van der Waals surface area contributed by atoms with E-state index in [1.54, 1.807) is 42.5 Å². The number of carbonyl (C=O) groups is 1. The van der Waals surface area contributed by atoms with E-state index < -0.39 is 0 Å². The first kappa shape index (κ1) is 14.4. The van der Waals surface area contributed by atoms with E-state index in [0.29, 0.717) is 27.8 Å². The van der Waals surface area contributed by atoms with Crippen LogP contribution < -0.4 is 5.32 Å². The van der Waals surface area contributed by atoms with Crippen LogP contribution in [0.25, 0.3) is 11.3 Å². The van der Waals surface area contributed by atoms with Gasteiger partial charge in [-0.1, -0.05) is 11.6 Å². The standard InChI is InChI=1S/C16H12ClNO4/c17-13-8-10(18-16(20)15-2-1-7-21-15)3-5-12(13)14-6-4-11(9-19)22-14/h1-8,19H,9H2,(H,18,20). The molecule has 0 aliphatic rings. The molecule has 5 nitrogen and oxygen atoms in total. The molecule has 0 bridgehead atoms. The molecule has 22 heavy (non-hydrogen) atoms. The number of nitrogens with one attached hydrogen (secondary N) is 1. The van der Waals surface area contributed by atoms with Gasteiger partial charge in [-0.15, -0.1) is 0 Å². The molecule has 2 heterocycles. The highest BCUT2D eigenvalue weighted by atomic mass is 35.5. The number of aliphatic hydroxyl groups excluding tert-OH is 1. The van der Waals surface area contributed by atoms with Gasteiger partial charge in [-0.05, 0) is 42.5 Å². The van der Waals surface area contributed by atoms with Crippen LogP contribution in [0.1, 0.15) is 16.3 Å². The summed E-state index contributed by atoms with van der Waals surface area (Å²) in [4.78, 5) is 11.9. The third-order valence-electron chi connectivity index (χ3n) is 3.05. The lowest BCUT2D eigenvalue weighted by Crippen LogP contribution is -2.10. The van der Waals surface area contributed by atoms with Crippen LogP contribution in [-0.2, 0) is 6.61 Å². The van der Waals surface area contributed by atoms with Gasteiger partial charge in [0.25, 0.3) is 5.91 Å². The van der Waals surface area contributed by atoms with Crippen LogP contribution in [0.5, 0.6) is 0 Å². The molecule has 2 N–H and O–H groups in total. The zero-order valence-corrected chi connectivity index (χ0v) is 12.1. The Hall–Kier alpha value is -2.50. The van der Waals surface area contributed by atoms with Crippen LogP contribution in [0.15, 0.2) is 57.6 Å². The summed E-state index contributed by atoms with van der Waals surface area (Å²) in [6, 6.07) is 11.7. The molecule has 0 aliphatic carbocycles. The lowest BCUT2D eigenvalue weighted by atomic mass is 10.1. The molecule has 0 fully saturated rings. The average molecular weight is 318 g/mol. The van der Waals surface area contributed by atoms with Gasteiger partial charge >= 0.3 is 0 Å². The maximum Gasteiger partial charge on any atom is 0.291 e. The number of aliphatic hydroxyl groups is 1. The zero-order valence-electron chi connectivity index (χ0n) is 11.4. The highest BCUT2D eigenvalue weighted by Gasteiger charge is 2.12. The minimum absolute atomic E-state index is 0.172. The van der Waals surface area contributed by atoms with Gasteiger partial charge < -0.3 is 19.3 Å². The first-order valence-electron chi connectivity index (χ1n) is 6.52. The SMILES string of the molecule is O=C(Nc1ccc(-c2ccc(CO)o2)c(Cl)c1)c1ccco1. The highest BCUT2D eigenvalue weighted by Crippen LogP contribution is 2.31. The predicted molar refractivity (Wildman–Crippen MR) is 81.7 cm³/mol. The number of hydrogen-bond donors (Lipinski definition) is 2. The Bertz CT molecular complexity index is 792. The Labute approximate surface area is 131 Å². The van der Waals surface area contributed by atoms with E-state index in [2.05, 4.69) is 5.32 Å². The topological polar surface area (TPSA) is 75.6 Å². The van der Waals surface area contributed by atoms with Crippen molar-refractivity contribution in [2.24, 2.45) is 0 Å². The van der Waals surface area contributed by atoms with Crippen molar-refractivity contribution in [3.63, 3.8) is 0 Å². The van der Waals surface area contributed by atoms with E-state index in [0.717, 1.165) is 0 Å². The summed E-state index contributed by atoms with van der Waals surface area (Å²) in [5, 5.41) is 12.1. The summed E-state index contributed by atoms with van der Waals surface area (Å²) in [5.74, 6) is 0.882. The summed E-state index contributed by atoms with van der Waals surface area (Å²) in [5.41, 5.74) is 1.22. The van der Waals surface area contributed by atoms with Crippen molar-refractivity contribution in [1.82, 2.24) is 0 Å². The fourth-order valence-corrected chi connectivity index (χ4v) is 2.27. The smallest absolute Gasteiger partial charge is 0.291 e. The summed E-state index contributed by atoms with van der Waals surface area (Å²) >= 11 is 6.23. The van der Waals surface area contributed by atoms with Crippen molar-refractivity contribution in [3.05, 3.63) is 65.3 Å².